The van der Waals surface area contributed by atoms with Gasteiger partial charge in [-0.25, -0.2) is 0 Å². The Labute approximate surface area is 122 Å². The summed E-state index contributed by atoms with van der Waals surface area (Å²) in [5.74, 6) is 0.207. The highest BCUT2D eigenvalue weighted by atomic mass is 16.3. The predicted octanol–water partition coefficient (Wildman–Crippen LogP) is 3.13. The van der Waals surface area contributed by atoms with E-state index in [2.05, 4.69) is 18.7 Å². The number of benzene rings is 1. The van der Waals surface area contributed by atoms with Crippen molar-refractivity contribution in [3.05, 3.63) is 35.9 Å². The molecule has 0 atom stereocenters. The van der Waals surface area contributed by atoms with Gasteiger partial charge in [-0.3, -0.25) is 9.69 Å². The molecule has 0 radical (unpaired) electrons. The number of nitrogens with zero attached hydrogens (tertiary/aromatic N) is 1. The molecule has 1 aromatic carbocycles. The Bertz CT molecular complexity index is 374. The van der Waals surface area contributed by atoms with Crippen LogP contribution in [0.1, 0.15) is 49.9 Å². The van der Waals surface area contributed by atoms with Crippen LogP contribution < -0.4 is 0 Å². The van der Waals surface area contributed by atoms with Crippen LogP contribution in [0.15, 0.2) is 30.3 Å². The fourth-order valence-electron chi connectivity index (χ4n) is 2.62. The molecule has 0 bridgehead atoms. The van der Waals surface area contributed by atoms with Crippen LogP contribution in [-0.2, 0) is 0 Å². The van der Waals surface area contributed by atoms with Crippen LogP contribution in [-0.4, -0.2) is 41.5 Å². The Hall–Kier alpha value is -1.19. The summed E-state index contributed by atoms with van der Waals surface area (Å²) in [6, 6.07) is 9.97. The molecule has 3 heteroatoms. The zero-order valence-corrected chi connectivity index (χ0v) is 12.7. The van der Waals surface area contributed by atoms with E-state index >= 15 is 0 Å². The molecule has 0 aromatic heterocycles. The van der Waals surface area contributed by atoms with Gasteiger partial charge in [0.15, 0.2) is 5.78 Å². The maximum Gasteiger partial charge on any atom is 0.162 e. The van der Waals surface area contributed by atoms with Gasteiger partial charge >= 0.3 is 0 Å². The molecule has 1 rings (SSSR count). The van der Waals surface area contributed by atoms with E-state index in [1.165, 1.54) is 0 Å². The lowest BCUT2D eigenvalue weighted by atomic mass is 10.1. The van der Waals surface area contributed by atoms with Crippen molar-refractivity contribution in [1.29, 1.82) is 0 Å². The van der Waals surface area contributed by atoms with Gasteiger partial charge < -0.3 is 5.11 Å². The van der Waals surface area contributed by atoms with Crippen molar-refractivity contribution in [2.75, 3.05) is 19.7 Å². The minimum absolute atomic E-state index is 0.184. The van der Waals surface area contributed by atoms with E-state index in [4.69, 9.17) is 5.11 Å². The average Bonchev–Trinajstić information content (AvgIpc) is 2.49. The summed E-state index contributed by atoms with van der Waals surface area (Å²) in [4.78, 5) is 14.3. The van der Waals surface area contributed by atoms with E-state index in [0.717, 1.165) is 31.4 Å². The van der Waals surface area contributed by atoms with Crippen molar-refractivity contribution >= 4 is 5.78 Å². The molecule has 1 aromatic rings. The SMILES string of the molecule is CCC(CC)N(CCO)CCCC(=O)c1ccccc1. The van der Waals surface area contributed by atoms with Gasteiger partial charge in [-0.1, -0.05) is 44.2 Å². The van der Waals surface area contributed by atoms with Crippen LogP contribution in [0, 0.1) is 0 Å². The van der Waals surface area contributed by atoms with Crippen molar-refractivity contribution in [1.82, 2.24) is 4.90 Å². The molecule has 0 amide bonds. The number of hydrogen-bond donors (Lipinski definition) is 1. The molecule has 0 saturated carbocycles. The van der Waals surface area contributed by atoms with E-state index in [-0.39, 0.29) is 12.4 Å². The van der Waals surface area contributed by atoms with Crippen LogP contribution in [0.2, 0.25) is 0 Å². The quantitative estimate of drug-likeness (QED) is 0.668. The fraction of sp³-hybridized carbons (Fsp3) is 0.588. The van der Waals surface area contributed by atoms with Crippen molar-refractivity contribution in [2.45, 2.75) is 45.6 Å². The highest BCUT2D eigenvalue weighted by molar-refractivity contribution is 5.95. The Morgan fingerprint density at radius 1 is 1.15 bits per heavy atom. The first-order valence-electron chi connectivity index (χ1n) is 7.66. The smallest absolute Gasteiger partial charge is 0.162 e. The van der Waals surface area contributed by atoms with Gasteiger partial charge in [-0.15, -0.1) is 0 Å². The molecule has 20 heavy (non-hydrogen) atoms. The number of aliphatic hydroxyl groups excluding tert-OH is 1. The molecule has 112 valence electrons. The first-order valence-corrected chi connectivity index (χ1v) is 7.66. The summed E-state index contributed by atoms with van der Waals surface area (Å²) in [5.41, 5.74) is 0.795. The van der Waals surface area contributed by atoms with Crippen LogP contribution in [0.5, 0.6) is 0 Å². The molecule has 1 N–H and O–H groups in total. The van der Waals surface area contributed by atoms with Crippen LogP contribution in [0.4, 0.5) is 0 Å². The van der Waals surface area contributed by atoms with Crippen molar-refractivity contribution in [2.24, 2.45) is 0 Å². The first kappa shape index (κ1) is 16.9. The van der Waals surface area contributed by atoms with Gasteiger partial charge in [0.1, 0.15) is 0 Å². The molecular weight excluding hydrogens is 250 g/mol. The summed E-state index contributed by atoms with van der Waals surface area (Å²) >= 11 is 0. The fourth-order valence-corrected chi connectivity index (χ4v) is 2.62. The van der Waals surface area contributed by atoms with E-state index in [1.807, 2.05) is 30.3 Å². The third-order valence-corrected chi connectivity index (χ3v) is 3.79. The summed E-state index contributed by atoms with van der Waals surface area (Å²) < 4.78 is 0. The number of carbonyl (C=O) groups excluding carboxylic acids is 1. The minimum atomic E-state index is 0.184. The number of carbonyl (C=O) groups is 1. The molecule has 0 aliphatic rings. The zero-order chi connectivity index (χ0) is 14.8. The number of rotatable bonds is 10. The summed E-state index contributed by atoms with van der Waals surface area (Å²) in [7, 11) is 0. The second kappa shape index (κ2) is 9.67. The molecule has 0 aliphatic carbocycles. The number of ketones is 1. The summed E-state index contributed by atoms with van der Waals surface area (Å²) in [6.45, 7) is 6.11. The van der Waals surface area contributed by atoms with Gasteiger partial charge in [0.25, 0.3) is 0 Å². The predicted molar refractivity (Wildman–Crippen MR) is 83.0 cm³/mol. The largest absolute Gasteiger partial charge is 0.395 e. The highest BCUT2D eigenvalue weighted by Gasteiger charge is 2.14. The Balaban J connectivity index is 2.42. The monoisotopic (exact) mass is 277 g/mol. The molecule has 3 nitrogen and oxygen atoms in total. The zero-order valence-electron chi connectivity index (χ0n) is 12.7. The lowest BCUT2D eigenvalue weighted by Gasteiger charge is -2.29. The normalized spacial score (nSPS) is 11.2. The van der Waals surface area contributed by atoms with Gasteiger partial charge in [0, 0.05) is 24.6 Å². The Kier molecular flexibility index (Phi) is 8.16. The molecule has 0 spiro atoms. The van der Waals surface area contributed by atoms with Crippen molar-refractivity contribution < 1.29 is 9.90 Å². The topological polar surface area (TPSA) is 40.5 Å². The maximum atomic E-state index is 12.0. The van der Waals surface area contributed by atoms with Gasteiger partial charge in [-0.2, -0.15) is 0 Å². The molecule has 0 aliphatic heterocycles. The van der Waals surface area contributed by atoms with Crippen molar-refractivity contribution in [3.8, 4) is 0 Å². The van der Waals surface area contributed by atoms with E-state index in [0.29, 0.717) is 19.0 Å². The second-order valence-corrected chi connectivity index (χ2v) is 5.12. The van der Waals surface area contributed by atoms with E-state index in [1.54, 1.807) is 0 Å². The highest BCUT2D eigenvalue weighted by Crippen LogP contribution is 2.11. The van der Waals surface area contributed by atoms with E-state index in [9.17, 15) is 4.79 Å². The number of aliphatic hydroxyl groups is 1. The van der Waals surface area contributed by atoms with Gasteiger partial charge in [0.05, 0.1) is 6.61 Å². The summed E-state index contributed by atoms with van der Waals surface area (Å²) in [5, 5.41) is 9.15. The maximum absolute atomic E-state index is 12.0. The van der Waals surface area contributed by atoms with Crippen molar-refractivity contribution in [3.63, 3.8) is 0 Å². The van der Waals surface area contributed by atoms with Crippen LogP contribution in [0.3, 0.4) is 0 Å². The molecular formula is C17H27NO2. The lowest BCUT2D eigenvalue weighted by Crippen LogP contribution is -2.37. The standard InChI is InChI=1S/C17H27NO2/c1-3-16(4-2)18(13-14-19)12-8-11-17(20)15-9-6-5-7-10-15/h5-7,9-10,16,19H,3-4,8,11-14H2,1-2H3. The summed E-state index contributed by atoms with van der Waals surface area (Å²) in [6.07, 6.45) is 3.60. The second-order valence-electron chi connectivity index (χ2n) is 5.12. The molecule has 0 saturated heterocycles. The molecule has 0 heterocycles. The molecule has 0 unspecified atom stereocenters. The van der Waals surface area contributed by atoms with Crippen LogP contribution in [0.25, 0.3) is 0 Å². The van der Waals surface area contributed by atoms with Gasteiger partial charge in [-0.05, 0) is 25.8 Å². The van der Waals surface area contributed by atoms with Crippen LogP contribution >= 0.6 is 0 Å². The Morgan fingerprint density at radius 3 is 2.35 bits per heavy atom. The minimum Gasteiger partial charge on any atom is -0.395 e. The Morgan fingerprint density at radius 2 is 1.80 bits per heavy atom. The number of Topliss-reactive ketones (excluding diaryl/α,β-unsaturated/α-hetero) is 1. The first-order chi connectivity index (χ1) is 9.72. The van der Waals surface area contributed by atoms with E-state index < -0.39 is 0 Å². The molecule has 0 fully saturated rings. The average molecular weight is 277 g/mol. The number of hydrogen-bond acceptors (Lipinski definition) is 3. The van der Waals surface area contributed by atoms with Gasteiger partial charge in [0.2, 0.25) is 0 Å². The third-order valence-electron chi connectivity index (χ3n) is 3.79. The lowest BCUT2D eigenvalue weighted by molar-refractivity contribution is 0.0962. The third kappa shape index (κ3) is 5.43.